The van der Waals surface area contributed by atoms with Crippen LogP contribution in [-0.2, 0) is 17.6 Å². The van der Waals surface area contributed by atoms with Crippen LogP contribution in [0.25, 0.3) is 0 Å². The van der Waals surface area contributed by atoms with Crippen LogP contribution < -0.4 is 5.32 Å². The summed E-state index contributed by atoms with van der Waals surface area (Å²) in [6.45, 7) is 4.28. The van der Waals surface area contributed by atoms with Crippen LogP contribution in [0.5, 0.6) is 0 Å². The first-order valence-electron chi connectivity index (χ1n) is 6.24. The van der Waals surface area contributed by atoms with Crippen LogP contribution in [0.4, 0.5) is 0 Å². The summed E-state index contributed by atoms with van der Waals surface area (Å²) in [6.07, 6.45) is 4.62. The summed E-state index contributed by atoms with van der Waals surface area (Å²) in [6, 6.07) is 3.89. The van der Waals surface area contributed by atoms with Gasteiger partial charge in [0.1, 0.15) is 5.76 Å². The maximum Gasteiger partial charge on any atom is 0.224 e. The fourth-order valence-electron chi connectivity index (χ4n) is 1.87. The van der Waals surface area contributed by atoms with Crippen LogP contribution in [0.2, 0.25) is 0 Å². The van der Waals surface area contributed by atoms with Crippen molar-refractivity contribution in [1.82, 2.24) is 15.5 Å². The Morgan fingerprint density at radius 2 is 2.05 bits per heavy atom. The van der Waals surface area contributed by atoms with Crippen molar-refractivity contribution in [2.75, 3.05) is 6.54 Å². The van der Waals surface area contributed by atoms with Crippen molar-refractivity contribution < 1.29 is 9.32 Å². The molecule has 2 aromatic rings. The van der Waals surface area contributed by atoms with Gasteiger partial charge < -0.3 is 9.84 Å². The molecule has 0 radical (unpaired) electrons. The molecular formula is C14H17N3O2. The molecule has 2 rings (SSSR count). The number of aromatic nitrogens is 2. The average Bonchev–Trinajstić information content (AvgIpc) is 2.72. The van der Waals surface area contributed by atoms with Crippen molar-refractivity contribution in [2.24, 2.45) is 0 Å². The Labute approximate surface area is 112 Å². The molecule has 19 heavy (non-hydrogen) atoms. The minimum Gasteiger partial charge on any atom is -0.361 e. The van der Waals surface area contributed by atoms with E-state index >= 15 is 0 Å². The SMILES string of the molecule is Cc1noc(C)c1CC(=O)NCCc1ccncc1. The highest BCUT2D eigenvalue weighted by molar-refractivity contribution is 5.78. The van der Waals surface area contributed by atoms with Crippen molar-refractivity contribution in [3.8, 4) is 0 Å². The third kappa shape index (κ3) is 3.64. The summed E-state index contributed by atoms with van der Waals surface area (Å²) in [5.41, 5.74) is 2.82. The zero-order chi connectivity index (χ0) is 13.7. The third-order valence-electron chi connectivity index (χ3n) is 3.00. The molecule has 0 aliphatic rings. The zero-order valence-corrected chi connectivity index (χ0v) is 11.1. The second-order valence-electron chi connectivity index (χ2n) is 4.43. The van der Waals surface area contributed by atoms with E-state index in [1.165, 1.54) is 0 Å². The van der Waals surface area contributed by atoms with Gasteiger partial charge in [-0.2, -0.15) is 0 Å². The van der Waals surface area contributed by atoms with Gasteiger partial charge in [0.15, 0.2) is 0 Å². The molecule has 2 heterocycles. The number of nitrogens with zero attached hydrogens (tertiary/aromatic N) is 2. The number of hydrogen-bond donors (Lipinski definition) is 1. The van der Waals surface area contributed by atoms with Crippen LogP contribution in [0.15, 0.2) is 29.0 Å². The van der Waals surface area contributed by atoms with Gasteiger partial charge in [0.25, 0.3) is 0 Å². The van der Waals surface area contributed by atoms with E-state index in [1.807, 2.05) is 26.0 Å². The van der Waals surface area contributed by atoms with Gasteiger partial charge in [0, 0.05) is 24.5 Å². The standard InChI is InChI=1S/C14H17N3O2/c1-10-13(11(2)19-17-10)9-14(18)16-8-5-12-3-6-15-7-4-12/h3-4,6-7H,5,8-9H2,1-2H3,(H,16,18). The van der Waals surface area contributed by atoms with E-state index in [0.717, 1.165) is 23.2 Å². The lowest BCUT2D eigenvalue weighted by Crippen LogP contribution is -2.27. The van der Waals surface area contributed by atoms with Crippen molar-refractivity contribution in [1.29, 1.82) is 0 Å². The van der Waals surface area contributed by atoms with Gasteiger partial charge in [-0.15, -0.1) is 0 Å². The number of carbonyl (C=O) groups is 1. The van der Waals surface area contributed by atoms with E-state index in [4.69, 9.17) is 4.52 Å². The van der Waals surface area contributed by atoms with Gasteiger partial charge in [-0.05, 0) is 38.0 Å². The van der Waals surface area contributed by atoms with E-state index in [2.05, 4.69) is 15.5 Å². The lowest BCUT2D eigenvalue weighted by molar-refractivity contribution is -0.120. The number of carbonyl (C=O) groups excluding carboxylic acids is 1. The van der Waals surface area contributed by atoms with Crippen LogP contribution in [0.3, 0.4) is 0 Å². The topological polar surface area (TPSA) is 68.0 Å². The second-order valence-corrected chi connectivity index (χ2v) is 4.43. The molecule has 5 heteroatoms. The Balaban J connectivity index is 1.79. The van der Waals surface area contributed by atoms with Crippen molar-refractivity contribution >= 4 is 5.91 Å². The van der Waals surface area contributed by atoms with Gasteiger partial charge in [-0.3, -0.25) is 9.78 Å². The first-order chi connectivity index (χ1) is 9.16. The first-order valence-corrected chi connectivity index (χ1v) is 6.24. The molecule has 0 aromatic carbocycles. The molecule has 0 aliphatic heterocycles. The highest BCUT2D eigenvalue weighted by Gasteiger charge is 2.12. The molecular weight excluding hydrogens is 242 g/mol. The van der Waals surface area contributed by atoms with Crippen LogP contribution >= 0.6 is 0 Å². The van der Waals surface area contributed by atoms with E-state index < -0.39 is 0 Å². The molecule has 0 bridgehead atoms. The Hall–Kier alpha value is -2.17. The van der Waals surface area contributed by atoms with Gasteiger partial charge >= 0.3 is 0 Å². The summed E-state index contributed by atoms with van der Waals surface area (Å²) >= 11 is 0. The first kappa shape index (κ1) is 13.3. The van der Waals surface area contributed by atoms with Crippen LogP contribution in [0, 0.1) is 13.8 Å². The molecule has 5 nitrogen and oxygen atoms in total. The molecule has 0 aliphatic carbocycles. The summed E-state index contributed by atoms with van der Waals surface area (Å²) in [4.78, 5) is 15.8. The maximum absolute atomic E-state index is 11.8. The Kier molecular flexibility index (Phi) is 4.28. The summed E-state index contributed by atoms with van der Waals surface area (Å²) in [5, 5.41) is 6.73. The molecule has 0 saturated carbocycles. The molecule has 0 fully saturated rings. The zero-order valence-electron chi connectivity index (χ0n) is 11.1. The number of nitrogens with one attached hydrogen (secondary N) is 1. The molecule has 2 aromatic heterocycles. The number of amides is 1. The van der Waals surface area contributed by atoms with Crippen molar-refractivity contribution in [3.05, 3.63) is 47.1 Å². The van der Waals surface area contributed by atoms with Gasteiger partial charge in [0.05, 0.1) is 12.1 Å². The van der Waals surface area contributed by atoms with Gasteiger partial charge in [-0.1, -0.05) is 5.16 Å². The summed E-state index contributed by atoms with van der Waals surface area (Å²) in [7, 11) is 0. The van der Waals surface area contributed by atoms with E-state index in [9.17, 15) is 4.79 Å². The third-order valence-corrected chi connectivity index (χ3v) is 3.00. The Bertz CT molecular complexity index is 530. The van der Waals surface area contributed by atoms with E-state index in [0.29, 0.717) is 18.7 Å². The van der Waals surface area contributed by atoms with Crippen LogP contribution in [0.1, 0.15) is 22.6 Å². The molecule has 100 valence electrons. The summed E-state index contributed by atoms with van der Waals surface area (Å²) < 4.78 is 5.03. The quantitative estimate of drug-likeness (QED) is 0.885. The monoisotopic (exact) mass is 259 g/mol. The fourth-order valence-corrected chi connectivity index (χ4v) is 1.87. The van der Waals surface area contributed by atoms with E-state index in [1.54, 1.807) is 12.4 Å². The lowest BCUT2D eigenvalue weighted by Gasteiger charge is -2.05. The predicted octanol–water partition coefficient (Wildman–Crippen LogP) is 1.59. The lowest BCUT2D eigenvalue weighted by atomic mass is 10.1. The average molecular weight is 259 g/mol. The number of aryl methyl sites for hydroxylation is 2. The largest absolute Gasteiger partial charge is 0.361 e. The summed E-state index contributed by atoms with van der Waals surface area (Å²) in [5.74, 6) is 0.699. The molecule has 1 N–H and O–H groups in total. The number of rotatable bonds is 5. The highest BCUT2D eigenvalue weighted by atomic mass is 16.5. The molecule has 0 unspecified atom stereocenters. The molecule has 1 amide bonds. The predicted molar refractivity (Wildman–Crippen MR) is 70.6 cm³/mol. The highest BCUT2D eigenvalue weighted by Crippen LogP contribution is 2.12. The maximum atomic E-state index is 11.8. The van der Waals surface area contributed by atoms with Crippen molar-refractivity contribution in [2.45, 2.75) is 26.7 Å². The molecule has 0 atom stereocenters. The molecule has 0 spiro atoms. The number of hydrogen-bond acceptors (Lipinski definition) is 4. The normalized spacial score (nSPS) is 10.4. The second kappa shape index (κ2) is 6.13. The van der Waals surface area contributed by atoms with E-state index in [-0.39, 0.29) is 5.91 Å². The Morgan fingerprint density at radius 3 is 2.68 bits per heavy atom. The molecule has 0 saturated heterocycles. The van der Waals surface area contributed by atoms with Crippen molar-refractivity contribution in [3.63, 3.8) is 0 Å². The van der Waals surface area contributed by atoms with Gasteiger partial charge in [0.2, 0.25) is 5.91 Å². The van der Waals surface area contributed by atoms with Crippen LogP contribution in [-0.4, -0.2) is 22.6 Å². The Morgan fingerprint density at radius 1 is 1.32 bits per heavy atom. The fraction of sp³-hybridized carbons (Fsp3) is 0.357. The number of pyridine rings is 1. The minimum absolute atomic E-state index is 0.0107. The minimum atomic E-state index is -0.0107. The van der Waals surface area contributed by atoms with Gasteiger partial charge in [-0.25, -0.2) is 0 Å². The smallest absolute Gasteiger partial charge is 0.224 e.